The summed E-state index contributed by atoms with van der Waals surface area (Å²) in [5, 5.41) is 9.50. The lowest BCUT2D eigenvalue weighted by molar-refractivity contribution is 0.198. The van der Waals surface area contributed by atoms with Gasteiger partial charge in [-0.25, -0.2) is 4.98 Å². The maximum absolute atomic E-state index is 9.50. The van der Waals surface area contributed by atoms with Crippen LogP contribution in [0, 0.1) is 0 Å². The highest BCUT2D eigenvalue weighted by atomic mass is 16.5. The van der Waals surface area contributed by atoms with Crippen LogP contribution in [0.5, 0.6) is 11.6 Å². The van der Waals surface area contributed by atoms with Gasteiger partial charge in [0.2, 0.25) is 5.88 Å². The predicted octanol–water partition coefficient (Wildman–Crippen LogP) is 3.49. The van der Waals surface area contributed by atoms with E-state index in [2.05, 4.69) is 11.9 Å². The first-order valence-electron chi connectivity index (χ1n) is 6.10. The van der Waals surface area contributed by atoms with E-state index in [0.717, 1.165) is 17.7 Å². The zero-order valence-corrected chi connectivity index (χ0v) is 10.6. The fraction of sp³-hybridized carbons (Fsp3) is 0.267. The number of benzene rings is 1. The van der Waals surface area contributed by atoms with Crippen LogP contribution in [0.15, 0.2) is 42.6 Å². The second-order valence-electron chi connectivity index (χ2n) is 4.20. The molecule has 0 bridgehead atoms. The van der Waals surface area contributed by atoms with Gasteiger partial charge in [-0.3, -0.25) is 0 Å². The lowest BCUT2D eigenvalue weighted by Gasteiger charge is -2.08. The third kappa shape index (κ3) is 3.08. The van der Waals surface area contributed by atoms with Gasteiger partial charge < -0.3 is 9.84 Å². The van der Waals surface area contributed by atoms with Crippen molar-refractivity contribution in [2.24, 2.45) is 0 Å². The van der Waals surface area contributed by atoms with Crippen LogP contribution in [-0.2, 0) is 6.42 Å². The second kappa shape index (κ2) is 5.65. The Balaban J connectivity index is 2.15. The zero-order valence-electron chi connectivity index (χ0n) is 10.6. The molecule has 0 aliphatic carbocycles. The Kier molecular flexibility index (Phi) is 3.95. The highest BCUT2D eigenvalue weighted by Crippen LogP contribution is 2.22. The average Bonchev–Trinajstić information content (AvgIpc) is 2.40. The summed E-state index contributed by atoms with van der Waals surface area (Å²) in [5.41, 5.74) is 2.07. The number of aliphatic hydroxyl groups is 1. The highest BCUT2D eigenvalue weighted by molar-refractivity contribution is 5.31. The standard InChI is InChI=1S/C15H17NO2/c1-3-12-4-6-14(7-5-12)18-15-10-13(11(2)17)8-9-16-15/h4-11,17H,3H2,1-2H3/t11-/m1/s1. The summed E-state index contributed by atoms with van der Waals surface area (Å²) < 4.78 is 5.65. The van der Waals surface area contributed by atoms with Crippen LogP contribution in [0.1, 0.15) is 31.1 Å². The monoisotopic (exact) mass is 243 g/mol. The number of aryl methyl sites for hydroxylation is 1. The number of rotatable bonds is 4. The number of nitrogens with zero attached hydrogens (tertiary/aromatic N) is 1. The summed E-state index contributed by atoms with van der Waals surface area (Å²) in [6.07, 6.45) is 2.13. The summed E-state index contributed by atoms with van der Waals surface area (Å²) in [6, 6.07) is 11.4. The smallest absolute Gasteiger partial charge is 0.219 e. The number of hydrogen-bond donors (Lipinski definition) is 1. The Morgan fingerprint density at radius 2 is 1.94 bits per heavy atom. The van der Waals surface area contributed by atoms with Crippen molar-refractivity contribution in [3.05, 3.63) is 53.7 Å². The maximum Gasteiger partial charge on any atom is 0.219 e. The molecule has 0 fully saturated rings. The van der Waals surface area contributed by atoms with E-state index in [1.165, 1.54) is 5.56 Å². The van der Waals surface area contributed by atoms with Gasteiger partial charge in [-0.05, 0) is 42.7 Å². The third-order valence-corrected chi connectivity index (χ3v) is 2.80. The molecule has 0 unspecified atom stereocenters. The number of aromatic nitrogens is 1. The van der Waals surface area contributed by atoms with Gasteiger partial charge in [0.05, 0.1) is 6.10 Å². The minimum Gasteiger partial charge on any atom is -0.439 e. The molecule has 0 aliphatic rings. The van der Waals surface area contributed by atoms with E-state index in [0.29, 0.717) is 5.88 Å². The fourth-order valence-electron chi connectivity index (χ4n) is 1.65. The van der Waals surface area contributed by atoms with Crippen molar-refractivity contribution >= 4 is 0 Å². The van der Waals surface area contributed by atoms with E-state index in [1.807, 2.05) is 24.3 Å². The molecular formula is C15H17NO2. The van der Waals surface area contributed by atoms with Crippen molar-refractivity contribution in [2.75, 3.05) is 0 Å². The minimum absolute atomic E-state index is 0.498. The van der Waals surface area contributed by atoms with Crippen LogP contribution in [0.2, 0.25) is 0 Å². The summed E-state index contributed by atoms with van der Waals surface area (Å²) in [4.78, 5) is 4.13. The molecule has 2 aromatic rings. The third-order valence-electron chi connectivity index (χ3n) is 2.80. The van der Waals surface area contributed by atoms with Crippen molar-refractivity contribution in [3.63, 3.8) is 0 Å². The van der Waals surface area contributed by atoms with Crippen LogP contribution in [0.25, 0.3) is 0 Å². The Hall–Kier alpha value is -1.87. The van der Waals surface area contributed by atoms with Gasteiger partial charge in [-0.15, -0.1) is 0 Å². The van der Waals surface area contributed by atoms with E-state index < -0.39 is 6.10 Å². The molecule has 0 saturated heterocycles. The van der Waals surface area contributed by atoms with Crippen LogP contribution < -0.4 is 4.74 Å². The van der Waals surface area contributed by atoms with Crippen LogP contribution in [0.4, 0.5) is 0 Å². The van der Waals surface area contributed by atoms with Gasteiger partial charge in [0, 0.05) is 12.3 Å². The van der Waals surface area contributed by atoms with E-state index in [-0.39, 0.29) is 0 Å². The maximum atomic E-state index is 9.50. The van der Waals surface area contributed by atoms with E-state index in [1.54, 1.807) is 25.3 Å². The molecule has 18 heavy (non-hydrogen) atoms. The quantitative estimate of drug-likeness (QED) is 0.893. The first-order chi connectivity index (χ1) is 8.69. The molecule has 1 N–H and O–H groups in total. The molecule has 0 radical (unpaired) electrons. The van der Waals surface area contributed by atoms with Gasteiger partial charge in [-0.2, -0.15) is 0 Å². The summed E-state index contributed by atoms with van der Waals surface area (Å²) in [6.45, 7) is 3.83. The van der Waals surface area contributed by atoms with Gasteiger partial charge in [-0.1, -0.05) is 19.1 Å². The number of hydrogen-bond acceptors (Lipinski definition) is 3. The molecule has 3 heteroatoms. The number of ether oxygens (including phenoxy) is 1. The Morgan fingerprint density at radius 3 is 2.56 bits per heavy atom. The van der Waals surface area contributed by atoms with Crippen molar-refractivity contribution in [2.45, 2.75) is 26.4 Å². The molecule has 94 valence electrons. The number of pyridine rings is 1. The van der Waals surface area contributed by atoms with Crippen molar-refractivity contribution in [3.8, 4) is 11.6 Å². The Bertz CT molecular complexity index is 506. The Morgan fingerprint density at radius 1 is 1.22 bits per heavy atom. The van der Waals surface area contributed by atoms with Gasteiger partial charge in [0.1, 0.15) is 5.75 Å². The van der Waals surface area contributed by atoms with E-state index in [9.17, 15) is 5.11 Å². The molecule has 0 saturated carbocycles. The summed E-state index contributed by atoms with van der Waals surface area (Å²) >= 11 is 0. The van der Waals surface area contributed by atoms with Gasteiger partial charge >= 0.3 is 0 Å². The Labute approximate surface area is 107 Å². The lowest BCUT2D eigenvalue weighted by Crippen LogP contribution is -1.94. The molecular weight excluding hydrogens is 226 g/mol. The minimum atomic E-state index is -0.516. The summed E-state index contributed by atoms with van der Waals surface area (Å²) in [7, 11) is 0. The first-order valence-corrected chi connectivity index (χ1v) is 6.10. The molecule has 1 aromatic carbocycles. The molecule has 0 amide bonds. The zero-order chi connectivity index (χ0) is 13.0. The fourth-order valence-corrected chi connectivity index (χ4v) is 1.65. The molecule has 0 aliphatic heterocycles. The van der Waals surface area contributed by atoms with Crippen LogP contribution in [0.3, 0.4) is 0 Å². The summed E-state index contributed by atoms with van der Waals surface area (Å²) in [5.74, 6) is 1.25. The van der Waals surface area contributed by atoms with Crippen LogP contribution in [-0.4, -0.2) is 10.1 Å². The molecule has 1 atom stereocenters. The van der Waals surface area contributed by atoms with E-state index >= 15 is 0 Å². The SMILES string of the molecule is CCc1ccc(Oc2cc([C@@H](C)O)ccn2)cc1. The highest BCUT2D eigenvalue weighted by Gasteiger charge is 2.04. The molecule has 0 spiro atoms. The van der Waals surface area contributed by atoms with E-state index in [4.69, 9.17) is 4.74 Å². The van der Waals surface area contributed by atoms with Crippen LogP contribution >= 0.6 is 0 Å². The van der Waals surface area contributed by atoms with Crippen molar-refractivity contribution < 1.29 is 9.84 Å². The number of aliphatic hydroxyl groups excluding tert-OH is 1. The molecule has 1 aromatic heterocycles. The van der Waals surface area contributed by atoms with Gasteiger partial charge in [0.25, 0.3) is 0 Å². The second-order valence-corrected chi connectivity index (χ2v) is 4.20. The topological polar surface area (TPSA) is 42.4 Å². The average molecular weight is 243 g/mol. The molecule has 3 nitrogen and oxygen atoms in total. The van der Waals surface area contributed by atoms with Crippen molar-refractivity contribution in [1.29, 1.82) is 0 Å². The normalized spacial score (nSPS) is 12.2. The molecule has 2 rings (SSSR count). The largest absolute Gasteiger partial charge is 0.439 e. The lowest BCUT2D eigenvalue weighted by atomic mass is 10.2. The molecule has 1 heterocycles. The van der Waals surface area contributed by atoms with Gasteiger partial charge in [0.15, 0.2) is 0 Å². The first kappa shape index (κ1) is 12.6. The van der Waals surface area contributed by atoms with Crippen molar-refractivity contribution in [1.82, 2.24) is 4.98 Å². The predicted molar refractivity (Wildman–Crippen MR) is 70.8 cm³/mol.